The van der Waals surface area contributed by atoms with Gasteiger partial charge in [-0.2, -0.15) is 0 Å². The summed E-state index contributed by atoms with van der Waals surface area (Å²) in [5.74, 6) is -0.411. The molecular formula is C35H31BClFN2O5S. The number of halogens is 2. The van der Waals surface area contributed by atoms with Crippen molar-refractivity contribution in [2.75, 3.05) is 18.3 Å². The van der Waals surface area contributed by atoms with Crippen molar-refractivity contribution < 1.29 is 27.3 Å². The van der Waals surface area contributed by atoms with Crippen molar-refractivity contribution in [2.24, 2.45) is 0 Å². The van der Waals surface area contributed by atoms with Gasteiger partial charge >= 0.3 is 7.12 Å². The Morgan fingerprint density at radius 2 is 1.76 bits per heavy atom. The highest BCUT2D eigenvalue weighted by atomic mass is 35.5. The number of likely N-dealkylation sites (N-methyl/N-ethyl adjacent to an activating group) is 1. The molecule has 4 aromatic carbocycles. The van der Waals surface area contributed by atoms with Crippen molar-refractivity contribution in [3.05, 3.63) is 123 Å². The third-order valence-electron chi connectivity index (χ3n) is 8.70. The average Bonchev–Trinajstić information content (AvgIpc) is 3.70. The summed E-state index contributed by atoms with van der Waals surface area (Å²) in [5, 5.41) is 23.5. The van der Waals surface area contributed by atoms with Crippen molar-refractivity contribution in [2.45, 2.75) is 30.4 Å². The Morgan fingerprint density at radius 3 is 2.46 bits per heavy atom. The minimum absolute atomic E-state index is 0.00925. The first-order chi connectivity index (χ1) is 22.1. The summed E-state index contributed by atoms with van der Waals surface area (Å²) in [6.07, 6.45) is 4.14. The van der Waals surface area contributed by atoms with Gasteiger partial charge in [0, 0.05) is 39.5 Å². The molecule has 7 nitrogen and oxygen atoms in total. The lowest BCUT2D eigenvalue weighted by molar-refractivity contribution is 0.423. The molecule has 0 saturated heterocycles. The first kappa shape index (κ1) is 30.7. The second kappa shape index (κ2) is 12.0. The fourth-order valence-corrected chi connectivity index (χ4v) is 7.87. The largest absolute Gasteiger partial charge is 0.491 e. The SMILES string of the molecule is CNCC1=Cc2ccccc2C1c1c(-c2ccc(Cl)cc2)oc2cc(CS(=O)(=O)Nc3ccc(B(O)O)c(F)c3)c(C3CC3)cc12. The maximum atomic E-state index is 14.4. The summed E-state index contributed by atoms with van der Waals surface area (Å²) in [6, 6.07) is 23.2. The third-order valence-corrected chi connectivity index (χ3v) is 10.2. The minimum Gasteiger partial charge on any atom is -0.456 e. The summed E-state index contributed by atoms with van der Waals surface area (Å²) in [5.41, 5.74) is 7.24. The highest BCUT2D eigenvalue weighted by molar-refractivity contribution is 7.91. The van der Waals surface area contributed by atoms with Crippen LogP contribution in [0, 0.1) is 5.82 Å². The Kier molecular flexibility index (Phi) is 8.03. The van der Waals surface area contributed by atoms with E-state index in [1.165, 1.54) is 17.2 Å². The molecule has 5 aromatic rings. The zero-order valence-corrected chi connectivity index (χ0v) is 26.5. The third kappa shape index (κ3) is 5.87. The number of sulfonamides is 1. The van der Waals surface area contributed by atoms with Gasteiger partial charge in [0.1, 0.15) is 17.2 Å². The highest BCUT2D eigenvalue weighted by Gasteiger charge is 2.35. The van der Waals surface area contributed by atoms with Crippen LogP contribution in [0.25, 0.3) is 28.4 Å². The monoisotopic (exact) mass is 656 g/mol. The van der Waals surface area contributed by atoms with Crippen LogP contribution in [0.1, 0.15) is 52.5 Å². The summed E-state index contributed by atoms with van der Waals surface area (Å²) < 4.78 is 50.3. The zero-order valence-electron chi connectivity index (χ0n) is 24.9. The van der Waals surface area contributed by atoms with Gasteiger partial charge in [0.05, 0.1) is 11.4 Å². The molecule has 2 aliphatic carbocycles. The Balaban J connectivity index is 1.35. The molecule has 1 saturated carbocycles. The van der Waals surface area contributed by atoms with Crippen molar-refractivity contribution in [1.29, 1.82) is 0 Å². The summed E-state index contributed by atoms with van der Waals surface area (Å²) in [6.45, 7) is 0.683. The van der Waals surface area contributed by atoms with E-state index in [0.29, 0.717) is 28.5 Å². The van der Waals surface area contributed by atoms with Crippen LogP contribution in [0.4, 0.5) is 10.1 Å². The summed E-state index contributed by atoms with van der Waals surface area (Å²) >= 11 is 6.26. The molecule has 46 heavy (non-hydrogen) atoms. The van der Waals surface area contributed by atoms with E-state index in [1.807, 2.05) is 49.5 Å². The van der Waals surface area contributed by atoms with Gasteiger partial charge < -0.3 is 19.8 Å². The van der Waals surface area contributed by atoms with Crippen LogP contribution in [-0.2, 0) is 15.8 Å². The standard InChI is InChI=1S/C35H31BClFN2O5S/c1-39-18-23-14-22-4-2-3-5-27(22)33(23)34-29-17-28(20-6-7-20)24(15-32(29)45-35(34)21-8-10-25(37)11-9-21)19-46(43,44)40-26-12-13-30(36(41)42)31(38)16-26/h2-5,8-17,20,33,39-42H,6-7,18-19H2,1H3. The number of nitrogens with one attached hydrogen (secondary N) is 2. The van der Waals surface area contributed by atoms with Crippen molar-refractivity contribution in [3.63, 3.8) is 0 Å². The number of furan rings is 1. The molecule has 1 aromatic heterocycles. The molecule has 4 N–H and O–H groups in total. The molecule has 1 heterocycles. The van der Waals surface area contributed by atoms with Crippen LogP contribution < -0.4 is 15.5 Å². The van der Waals surface area contributed by atoms with Crippen LogP contribution in [-0.4, -0.2) is 39.2 Å². The van der Waals surface area contributed by atoms with E-state index in [9.17, 15) is 22.9 Å². The normalized spacial score (nSPS) is 16.0. The smallest absolute Gasteiger partial charge is 0.456 e. The van der Waals surface area contributed by atoms with Crippen LogP contribution in [0.5, 0.6) is 0 Å². The number of benzene rings is 4. The van der Waals surface area contributed by atoms with Gasteiger partial charge in [-0.25, -0.2) is 12.8 Å². The van der Waals surface area contributed by atoms with Gasteiger partial charge in [-0.05, 0) is 102 Å². The van der Waals surface area contributed by atoms with Crippen LogP contribution in [0.3, 0.4) is 0 Å². The Bertz CT molecular complexity index is 2110. The molecule has 0 radical (unpaired) electrons. The van der Waals surface area contributed by atoms with E-state index >= 15 is 0 Å². The average molecular weight is 657 g/mol. The Morgan fingerprint density at radius 1 is 1.00 bits per heavy atom. The first-order valence-electron chi connectivity index (χ1n) is 15.1. The molecule has 0 aliphatic heterocycles. The summed E-state index contributed by atoms with van der Waals surface area (Å²) in [4.78, 5) is 0. The lowest BCUT2D eigenvalue weighted by Gasteiger charge is -2.19. The number of anilines is 1. The van der Waals surface area contributed by atoms with Gasteiger partial charge in [0.25, 0.3) is 0 Å². The predicted molar refractivity (Wildman–Crippen MR) is 181 cm³/mol. The van der Waals surface area contributed by atoms with E-state index in [2.05, 4.69) is 34.3 Å². The molecule has 0 spiro atoms. The number of rotatable bonds is 10. The first-order valence-corrected chi connectivity index (χ1v) is 17.1. The molecule has 0 amide bonds. The highest BCUT2D eigenvalue weighted by Crippen LogP contribution is 2.51. The van der Waals surface area contributed by atoms with Gasteiger partial charge in [0.2, 0.25) is 10.0 Å². The van der Waals surface area contributed by atoms with Gasteiger partial charge in [-0.15, -0.1) is 0 Å². The van der Waals surface area contributed by atoms with E-state index in [0.717, 1.165) is 52.6 Å². The quantitative estimate of drug-likeness (QED) is 0.135. The van der Waals surface area contributed by atoms with Crippen molar-refractivity contribution in [3.8, 4) is 11.3 Å². The van der Waals surface area contributed by atoms with E-state index in [1.54, 1.807) is 0 Å². The number of hydrogen-bond acceptors (Lipinski definition) is 6. The number of fused-ring (bicyclic) bond motifs is 2. The number of hydrogen-bond donors (Lipinski definition) is 4. The zero-order chi connectivity index (χ0) is 32.2. The van der Waals surface area contributed by atoms with Crippen LogP contribution in [0.2, 0.25) is 5.02 Å². The Labute approximate surface area is 271 Å². The topological polar surface area (TPSA) is 112 Å². The van der Waals surface area contributed by atoms with Crippen LogP contribution >= 0.6 is 11.6 Å². The lowest BCUT2D eigenvalue weighted by atomic mass is 9.80. The molecule has 1 atom stereocenters. The minimum atomic E-state index is -3.98. The Hall–Kier alpha value is -3.93. The lowest BCUT2D eigenvalue weighted by Crippen LogP contribution is -2.32. The molecule has 1 unspecified atom stereocenters. The van der Waals surface area contributed by atoms with Crippen molar-refractivity contribution in [1.82, 2.24) is 5.32 Å². The molecule has 7 rings (SSSR count). The van der Waals surface area contributed by atoms with Gasteiger partial charge in [0.15, 0.2) is 0 Å². The molecule has 0 bridgehead atoms. The second-order valence-corrected chi connectivity index (χ2v) is 14.1. The van der Waals surface area contributed by atoms with Gasteiger partial charge in [-0.1, -0.05) is 48.0 Å². The van der Waals surface area contributed by atoms with E-state index in [4.69, 9.17) is 16.0 Å². The van der Waals surface area contributed by atoms with Crippen molar-refractivity contribution >= 4 is 56.9 Å². The molecular weight excluding hydrogens is 626 g/mol. The van der Waals surface area contributed by atoms with E-state index in [-0.39, 0.29) is 28.7 Å². The maximum absolute atomic E-state index is 14.4. The molecule has 11 heteroatoms. The maximum Gasteiger partial charge on any atom is 0.491 e. The molecule has 2 aliphatic rings. The predicted octanol–water partition coefficient (Wildman–Crippen LogP) is 6.14. The van der Waals surface area contributed by atoms with Gasteiger partial charge in [-0.3, -0.25) is 4.72 Å². The van der Waals surface area contributed by atoms with E-state index < -0.39 is 23.0 Å². The molecule has 234 valence electrons. The fraction of sp³-hybridized carbons (Fsp3) is 0.200. The molecule has 1 fully saturated rings. The fourth-order valence-electron chi connectivity index (χ4n) is 6.53. The second-order valence-electron chi connectivity index (χ2n) is 12.0. The summed E-state index contributed by atoms with van der Waals surface area (Å²) in [7, 11) is -4.05. The van der Waals surface area contributed by atoms with Crippen LogP contribution in [0.15, 0.2) is 88.9 Å².